The van der Waals surface area contributed by atoms with E-state index in [4.69, 9.17) is 5.11 Å². The number of rotatable bonds is 22. The Balaban J connectivity index is 3.17. The molecule has 0 unspecified atom stereocenters. The number of hydrogen-bond donors (Lipinski definition) is 2. The van der Waals surface area contributed by atoms with Crippen molar-refractivity contribution in [1.82, 2.24) is 10.2 Å². The van der Waals surface area contributed by atoms with Gasteiger partial charge in [-0.05, 0) is 26.4 Å². The van der Waals surface area contributed by atoms with Crippen molar-refractivity contribution in [2.45, 2.75) is 116 Å². The monoisotopic (exact) mass is 398 g/mol. The van der Waals surface area contributed by atoms with Crippen LogP contribution in [0, 0.1) is 0 Å². The molecule has 0 aliphatic carbocycles. The van der Waals surface area contributed by atoms with Crippen molar-refractivity contribution >= 4 is 5.91 Å². The first-order chi connectivity index (χ1) is 13.7. The molecule has 2 N–H and O–H groups in total. The van der Waals surface area contributed by atoms with Gasteiger partial charge in [0, 0.05) is 19.5 Å². The Bertz CT molecular complexity index is 324. The third-order valence-electron chi connectivity index (χ3n) is 5.53. The predicted octanol–water partition coefficient (Wildman–Crippen LogP) is 5.68. The van der Waals surface area contributed by atoms with E-state index in [9.17, 15) is 4.79 Å². The summed E-state index contributed by atoms with van der Waals surface area (Å²) in [7, 11) is 1.99. The van der Waals surface area contributed by atoms with Gasteiger partial charge in [0.25, 0.3) is 0 Å². The fourth-order valence-electron chi connectivity index (χ4n) is 3.60. The molecule has 0 aromatic carbocycles. The lowest BCUT2D eigenvalue weighted by atomic mass is 10.0. The van der Waals surface area contributed by atoms with E-state index in [1.807, 2.05) is 7.05 Å². The van der Waals surface area contributed by atoms with Gasteiger partial charge in [-0.25, -0.2) is 0 Å². The van der Waals surface area contributed by atoms with Crippen molar-refractivity contribution in [2.75, 3.05) is 33.3 Å². The van der Waals surface area contributed by atoms with E-state index in [0.29, 0.717) is 13.0 Å². The molecular formula is C24H50N2O2. The quantitative estimate of drug-likeness (QED) is 0.231. The molecule has 0 rings (SSSR count). The number of aliphatic hydroxyl groups excluding tert-OH is 1. The van der Waals surface area contributed by atoms with Crippen molar-refractivity contribution in [2.24, 2.45) is 0 Å². The Kier molecular flexibility index (Phi) is 22.2. The van der Waals surface area contributed by atoms with Gasteiger partial charge < -0.3 is 15.3 Å². The van der Waals surface area contributed by atoms with Crippen LogP contribution in [0.15, 0.2) is 0 Å². The topological polar surface area (TPSA) is 52.6 Å². The molecule has 0 aromatic heterocycles. The first-order valence-electron chi connectivity index (χ1n) is 12.3. The van der Waals surface area contributed by atoms with E-state index in [1.54, 1.807) is 0 Å². The second kappa shape index (κ2) is 22.7. The number of amides is 1. The second-order valence-electron chi connectivity index (χ2n) is 8.43. The molecule has 0 aliphatic rings. The van der Waals surface area contributed by atoms with Crippen LogP contribution >= 0.6 is 0 Å². The molecule has 0 heterocycles. The summed E-state index contributed by atoms with van der Waals surface area (Å²) in [6.07, 6.45) is 21.9. The Morgan fingerprint density at radius 1 is 0.714 bits per heavy atom. The van der Waals surface area contributed by atoms with Crippen LogP contribution in [0.1, 0.15) is 116 Å². The Morgan fingerprint density at radius 3 is 1.64 bits per heavy atom. The average Bonchev–Trinajstić information content (AvgIpc) is 2.68. The van der Waals surface area contributed by atoms with E-state index in [0.717, 1.165) is 25.9 Å². The summed E-state index contributed by atoms with van der Waals surface area (Å²) in [6, 6.07) is 0. The maximum absolute atomic E-state index is 11.8. The summed E-state index contributed by atoms with van der Waals surface area (Å²) in [6.45, 7) is 4.84. The van der Waals surface area contributed by atoms with Crippen molar-refractivity contribution in [3.63, 3.8) is 0 Å². The molecular weight excluding hydrogens is 348 g/mol. The lowest BCUT2D eigenvalue weighted by molar-refractivity contribution is -0.121. The van der Waals surface area contributed by atoms with Crippen LogP contribution < -0.4 is 5.32 Å². The van der Waals surface area contributed by atoms with Gasteiger partial charge in [-0.2, -0.15) is 0 Å². The highest BCUT2D eigenvalue weighted by Gasteiger charge is 2.02. The number of likely N-dealkylation sites (N-methyl/N-ethyl adjacent to an activating group) is 1. The Labute approximate surface area is 175 Å². The first kappa shape index (κ1) is 27.4. The van der Waals surface area contributed by atoms with E-state index in [-0.39, 0.29) is 12.5 Å². The predicted molar refractivity (Wildman–Crippen MR) is 122 cm³/mol. The van der Waals surface area contributed by atoms with E-state index in [2.05, 4.69) is 17.1 Å². The molecule has 0 aliphatic heterocycles. The van der Waals surface area contributed by atoms with Crippen LogP contribution in [0.4, 0.5) is 0 Å². The molecule has 28 heavy (non-hydrogen) atoms. The van der Waals surface area contributed by atoms with Crippen LogP contribution in [-0.2, 0) is 4.79 Å². The Hall–Kier alpha value is -0.610. The van der Waals surface area contributed by atoms with Gasteiger partial charge in [-0.15, -0.1) is 0 Å². The van der Waals surface area contributed by atoms with Gasteiger partial charge in [0.15, 0.2) is 0 Å². The SMILES string of the molecule is CCCCCCCCCCCCCCCCCC(=O)NCCCN(C)CCO. The number of nitrogens with one attached hydrogen (secondary N) is 1. The zero-order valence-corrected chi connectivity index (χ0v) is 19.2. The van der Waals surface area contributed by atoms with Gasteiger partial charge in [-0.1, -0.05) is 96.8 Å². The number of unbranched alkanes of at least 4 members (excludes halogenated alkanes) is 14. The largest absolute Gasteiger partial charge is 0.395 e. The second-order valence-corrected chi connectivity index (χ2v) is 8.43. The molecule has 0 bridgehead atoms. The molecule has 0 aromatic rings. The third-order valence-corrected chi connectivity index (χ3v) is 5.53. The highest BCUT2D eigenvalue weighted by Crippen LogP contribution is 2.13. The fourth-order valence-corrected chi connectivity index (χ4v) is 3.60. The van der Waals surface area contributed by atoms with E-state index in [1.165, 1.54) is 89.9 Å². The van der Waals surface area contributed by atoms with Crippen LogP contribution in [0.3, 0.4) is 0 Å². The maximum atomic E-state index is 11.8. The minimum Gasteiger partial charge on any atom is -0.395 e. The van der Waals surface area contributed by atoms with Crippen molar-refractivity contribution in [3.8, 4) is 0 Å². The average molecular weight is 399 g/mol. The normalized spacial score (nSPS) is 11.3. The highest BCUT2D eigenvalue weighted by atomic mass is 16.3. The smallest absolute Gasteiger partial charge is 0.219 e. The molecule has 1 amide bonds. The lowest BCUT2D eigenvalue weighted by Gasteiger charge is -2.14. The molecule has 168 valence electrons. The van der Waals surface area contributed by atoms with Crippen molar-refractivity contribution in [1.29, 1.82) is 0 Å². The van der Waals surface area contributed by atoms with Crippen LogP contribution in [0.25, 0.3) is 0 Å². The number of hydrogen-bond acceptors (Lipinski definition) is 3. The van der Waals surface area contributed by atoms with Crippen LogP contribution in [0.5, 0.6) is 0 Å². The minimum absolute atomic E-state index is 0.194. The van der Waals surface area contributed by atoms with Gasteiger partial charge in [-0.3, -0.25) is 4.79 Å². The molecule has 0 saturated heterocycles. The zero-order chi connectivity index (χ0) is 20.7. The summed E-state index contributed by atoms with van der Waals surface area (Å²) in [5, 5.41) is 11.8. The molecule has 0 atom stereocenters. The standard InChI is InChI=1S/C24H50N2O2/c1-3-4-5-6-7-8-9-10-11-12-13-14-15-16-17-19-24(28)25-20-18-21-26(2)22-23-27/h27H,3-23H2,1-2H3,(H,25,28). The lowest BCUT2D eigenvalue weighted by Crippen LogP contribution is -2.29. The number of aliphatic hydroxyl groups is 1. The number of nitrogens with zero attached hydrogens (tertiary/aromatic N) is 1. The number of carbonyl (C=O) groups is 1. The van der Waals surface area contributed by atoms with Gasteiger partial charge in [0.1, 0.15) is 0 Å². The summed E-state index contributed by atoms with van der Waals surface area (Å²) in [4.78, 5) is 13.9. The summed E-state index contributed by atoms with van der Waals surface area (Å²) < 4.78 is 0. The summed E-state index contributed by atoms with van der Waals surface area (Å²) >= 11 is 0. The van der Waals surface area contributed by atoms with Crippen LogP contribution in [0.2, 0.25) is 0 Å². The third kappa shape index (κ3) is 21.7. The molecule has 0 fully saturated rings. The van der Waals surface area contributed by atoms with Crippen molar-refractivity contribution in [3.05, 3.63) is 0 Å². The summed E-state index contributed by atoms with van der Waals surface area (Å²) in [5.41, 5.74) is 0. The molecule has 4 nitrogen and oxygen atoms in total. The fraction of sp³-hybridized carbons (Fsp3) is 0.958. The Morgan fingerprint density at radius 2 is 1.18 bits per heavy atom. The highest BCUT2D eigenvalue weighted by molar-refractivity contribution is 5.75. The molecule has 0 spiro atoms. The molecule has 0 saturated carbocycles. The van der Waals surface area contributed by atoms with Gasteiger partial charge >= 0.3 is 0 Å². The van der Waals surface area contributed by atoms with E-state index >= 15 is 0 Å². The van der Waals surface area contributed by atoms with Crippen molar-refractivity contribution < 1.29 is 9.90 Å². The van der Waals surface area contributed by atoms with Gasteiger partial charge in [0.05, 0.1) is 6.61 Å². The van der Waals surface area contributed by atoms with Gasteiger partial charge in [0.2, 0.25) is 5.91 Å². The first-order valence-corrected chi connectivity index (χ1v) is 12.3. The zero-order valence-electron chi connectivity index (χ0n) is 19.2. The maximum Gasteiger partial charge on any atom is 0.219 e. The van der Waals surface area contributed by atoms with E-state index < -0.39 is 0 Å². The van der Waals surface area contributed by atoms with Crippen LogP contribution in [-0.4, -0.2) is 49.2 Å². The summed E-state index contributed by atoms with van der Waals surface area (Å²) in [5.74, 6) is 0.194. The number of carbonyl (C=O) groups excluding carboxylic acids is 1. The molecule has 0 radical (unpaired) electrons. The molecule has 4 heteroatoms. The minimum atomic E-state index is 0.194.